The molecule has 29 heavy (non-hydrogen) atoms. The summed E-state index contributed by atoms with van der Waals surface area (Å²) in [5.41, 5.74) is 0.802. The number of aryl methyl sites for hydroxylation is 1. The van der Waals surface area contributed by atoms with Crippen LogP contribution in [0.5, 0.6) is 5.75 Å². The lowest BCUT2D eigenvalue weighted by Crippen LogP contribution is -2.55. The van der Waals surface area contributed by atoms with Gasteiger partial charge in [0.1, 0.15) is 24.2 Å². The molecule has 2 heterocycles. The first-order valence-electron chi connectivity index (χ1n) is 9.70. The highest BCUT2D eigenvalue weighted by Crippen LogP contribution is 2.16. The molecule has 1 aliphatic rings. The van der Waals surface area contributed by atoms with Crippen LogP contribution < -0.4 is 15.0 Å². The Morgan fingerprint density at radius 1 is 1.41 bits per heavy atom. The van der Waals surface area contributed by atoms with Crippen molar-refractivity contribution in [3.63, 3.8) is 0 Å². The molecule has 1 aliphatic heterocycles. The molecule has 1 saturated heterocycles. The number of carbonyl (C=O) groups excluding carboxylic acids is 1. The third-order valence-corrected chi connectivity index (χ3v) is 4.49. The summed E-state index contributed by atoms with van der Waals surface area (Å²) in [6.45, 7) is 6.39. The van der Waals surface area contributed by atoms with E-state index in [0.717, 1.165) is 5.69 Å². The molecule has 0 saturated carbocycles. The van der Waals surface area contributed by atoms with Crippen LogP contribution in [0, 0.1) is 5.82 Å². The van der Waals surface area contributed by atoms with Gasteiger partial charge in [0, 0.05) is 38.9 Å². The summed E-state index contributed by atoms with van der Waals surface area (Å²) in [5.74, 6) is 0.801. The number of aromatic nitrogens is 2. The van der Waals surface area contributed by atoms with Crippen LogP contribution in [0.15, 0.2) is 41.7 Å². The average molecular weight is 402 g/mol. The fourth-order valence-electron chi connectivity index (χ4n) is 3.13. The van der Waals surface area contributed by atoms with Gasteiger partial charge in [-0.05, 0) is 26.0 Å². The lowest BCUT2D eigenvalue weighted by molar-refractivity contribution is -0.120. The van der Waals surface area contributed by atoms with Crippen molar-refractivity contribution in [1.29, 1.82) is 0 Å². The van der Waals surface area contributed by atoms with Gasteiger partial charge >= 0.3 is 0 Å². The van der Waals surface area contributed by atoms with Gasteiger partial charge in [-0.2, -0.15) is 5.10 Å². The van der Waals surface area contributed by atoms with Crippen molar-refractivity contribution in [2.24, 2.45) is 12.0 Å². The van der Waals surface area contributed by atoms with Crippen molar-refractivity contribution in [3.05, 3.63) is 42.5 Å². The Kier molecular flexibility index (Phi) is 6.69. The van der Waals surface area contributed by atoms with Crippen molar-refractivity contribution in [1.82, 2.24) is 20.0 Å². The molecular formula is C20H27FN6O2. The van der Waals surface area contributed by atoms with Gasteiger partial charge in [0.05, 0.1) is 18.4 Å². The number of hydrogen-bond donors (Lipinski definition) is 1. The normalized spacial score (nSPS) is 16.1. The summed E-state index contributed by atoms with van der Waals surface area (Å²) in [4.78, 5) is 20.9. The van der Waals surface area contributed by atoms with Crippen molar-refractivity contribution in [3.8, 4) is 5.75 Å². The summed E-state index contributed by atoms with van der Waals surface area (Å²) >= 11 is 0. The Balaban J connectivity index is 1.61. The Bertz CT molecular complexity index is 868. The lowest BCUT2D eigenvalue weighted by atomic mass is 10.3. The summed E-state index contributed by atoms with van der Waals surface area (Å²) in [7, 11) is 1.83. The zero-order chi connectivity index (χ0) is 20.8. The second kappa shape index (κ2) is 9.40. The predicted molar refractivity (Wildman–Crippen MR) is 110 cm³/mol. The first kappa shape index (κ1) is 20.6. The summed E-state index contributed by atoms with van der Waals surface area (Å²) in [6, 6.07) is 6.05. The van der Waals surface area contributed by atoms with E-state index in [2.05, 4.69) is 15.4 Å². The minimum Gasteiger partial charge on any atom is -0.489 e. The number of carbonyl (C=O) groups is 1. The summed E-state index contributed by atoms with van der Waals surface area (Å²) < 4.78 is 20.7. The SMILES string of the molecule is CCNC(=NCC(C)Oc1cccc(F)c1)N1CCN(c2cnn(C)c2)C(=O)C1. The van der Waals surface area contributed by atoms with Gasteiger partial charge in [0.25, 0.3) is 0 Å². The van der Waals surface area contributed by atoms with E-state index in [1.54, 1.807) is 27.9 Å². The fourth-order valence-corrected chi connectivity index (χ4v) is 3.13. The highest BCUT2D eigenvalue weighted by atomic mass is 19.1. The number of piperazine rings is 1. The quantitative estimate of drug-likeness (QED) is 0.587. The van der Waals surface area contributed by atoms with E-state index in [4.69, 9.17) is 4.74 Å². The van der Waals surface area contributed by atoms with E-state index in [0.29, 0.717) is 37.9 Å². The highest BCUT2D eigenvalue weighted by molar-refractivity contribution is 5.98. The van der Waals surface area contributed by atoms with Crippen LogP contribution in [-0.4, -0.2) is 65.4 Å². The maximum atomic E-state index is 13.3. The molecule has 9 heteroatoms. The maximum Gasteiger partial charge on any atom is 0.246 e. The molecule has 0 radical (unpaired) electrons. The van der Waals surface area contributed by atoms with E-state index in [9.17, 15) is 9.18 Å². The Labute approximate surface area is 170 Å². The van der Waals surface area contributed by atoms with Crippen molar-refractivity contribution in [2.45, 2.75) is 20.0 Å². The number of hydrogen-bond acceptors (Lipinski definition) is 4. The number of aliphatic imine (C=N–C) groups is 1. The third-order valence-electron chi connectivity index (χ3n) is 4.49. The molecule has 1 N–H and O–H groups in total. The zero-order valence-corrected chi connectivity index (χ0v) is 17.0. The van der Waals surface area contributed by atoms with E-state index in [1.165, 1.54) is 12.1 Å². The molecule has 1 fully saturated rings. The number of ether oxygens (including phenoxy) is 1. The second-order valence-corrected chi connectivity index (χ2v) is 6.92. The molecule has 1 aromatic carbocycles. The van der Waals surface area contributed by atoms with Gasteiger partial charge < -0.3 is 19.9 Å². The largest absolute Gasteiger partial charge is 0.489 e. The molecular weight excluding hydrogens is 375 g/mol. The van der Waals surface area contributed by atoms with E-state index < -0.39 is 0 Å². The first-order chi connectivity index (χ1) is 14.0. The van der Waals surface area contributed by atoms with Crippen LogP contribution in [0.4, 0.5) is 10.1 Å². The molecule has 2 aromatic rings. The van der Waals surface area contributed by atoms with Gasteiger partial charge in [0.2, 0.25) is 5.91 Å². The third kappa shape index (κ3) is 5.46. The van der Waals surface area contributed by atoms with Gasteiger partial charge in [0.15, 0.2) is 5.96 Å². The zero-order valence-electron chi connectivity index (χ0n) is 17.0. The number of halogens is 1. The van der Waals surface area contributed by atoms with E-state index >= 15 is 0 Å². The lowest BCUT2D eigenvalue weighted by Gasteiger charge is -2.35. The first-order valence-corrected chi connectivity index (χ1v) is 9.70. The molecule has 8 nitrogen and oxygen atoms in total. The van der Waals surface area contributed by atoms with Crippen LogP contribution in [-0.2, 0) is 11.8 Å². The van der Waals surface area contributed by atoms with Gasteiger partial charge in [-0.1, -0.05) is 6.07 Å². The minimum atomic E-state index is -0.337. The molecule has 1 aromatic heterocycles. The Morgan fingerprint density at radius 2 is 2.24 bits per heavy atom. The molecule has 0 aliphatic carbocycles. The number of nitrogens with one attached hydrogen (secondary N) is 1. The van der Waals surface area contributed by atoms with E-state index in [-0.39, 0.29) is 24.4 Å². The summed E-state index contributed by atoms with van der Waals surface area (Å²) in [6.07, 6.45) is 3.29. The Morgan fingerprint density at radius 3 is 2.90 bits per heavy atom. The molecule has 0 bridgehead atoms. The van der Waals surface area contributed by atoms with Crippen molar-refractivity contribution >= 4 is 17.6 Å². The second-order valence-electron chi connectivity index (χ2n) is 6.92. The van der Waals surface area contributed by atoms with Crippen LogP contribution >= 0.6 is 0 Å². The maximum absolute atomic E-state index is 13.3. The molecule has 156 valence electrons. The topological polar surface area (TPSA) is 75.0 Å². The highest BCUT2D eigenvalue weighted by Gasteiger charge is 2.27. The monoisotopic (exact) mass is 402 g/mol. The number of amides is 1. The predicted octanol–water partition coefficient (Wildman–Crippen LogP) is 1.64. The van der Waals surface area contributed by atoms with Crippen LogP contribution in [0.3, 0.4) is 0 Å². The molecule has 1 amide bonds. The van der Waals surface area contributed by atoms with Gasteiger partial charge in [-0.3, -0.25) is 9.48 Å². The Hall–Kier alpha value is -3.10. The molecule has 1 atom stereocenters. The van der Waals surface area contributed by atoms with Crippen LogP contribution in [0.25, 0.3) is 0 Å². The van der Waals surface area contributed by atoms with Gasteiger partial charge in [-0.15, -0.1) is 0 Å². The molecule has 3 rings (SSSR count). The molecule has 1 unspecified atom stereocenters. The summed E-state index contributed by atoms with van der Waals surface area (Å²) in [5, 5.41) is 7.37. The smallest absolute Gasteiger partial charge is 0.246 e. The van der Waals surface area contributed by atoms with Crippen molar-refractivity contribution in [2.75, 3.05) is 37.6 Å². The van der Waals surface area contributed by atoms with Crippen LogP contribution in [0.1, 0.15) is 13.8 Å². The van der Waals surface area contributed by atoms with Crippen LogP contribution in [0.2, 0.25) is 0 Å². The molecule has 0 spiro atoms. The average Bonchev–Trinajstić information content (AvgIpc) is 3.11. The number of anilines is 1. The fraction of sp³-hybridized carbons (Fsp3) is 0.450. The number of benzene rings is 1. The van der Waals surface area contributed by atoms with Gasteiger partial charge in [-0.25, -0.2) is 9.38 Å². The van der Waals surface area contributed by atoms with Crippen molar-refractivity contribution < 1.29 is 13.9 Å². The number of rotatable bonds is 6. The number of guanidine groups is 1. The number of nitrogens with zero attached hydrogens (tertiary/aromatic N) is 5. The van der Waals surface area contributed by atoms with E-state index in [1.807, 2.05) is 32.0 Å². The minimum absolute atomic E-state index is 0.00101. The standard InChI is InChI=1S/C20H27FN6O2/c1-4-22-20(23-11-15(2)29-18-7-5-6-16(21)10-18)26-8-9-27(19(28)14-26)17-12-24-25(3)13-17/h5-7,10,12-13,15H,4,8-9,11,14H2,1-3H3,(H,22,23).